The van der Waals surface area contributed by atoms with Crippen LogP contribution < -0.4 is 5.32 Å². The van der Waals surface area contributed by atoms with Gasteiger partial charge in [0.25, 0.3) is 0 Å². The molecule has 0 aromatic rings. The van der Waals surface area contributed by atoms with E-state index in [1.807, 2.05) is 0 Å². The van der Waals surface area contributed by atoms with Crippen LogP contribution in [0.3, 0.4) is 0 Å². The van der Waals surface area contributed by atoms with E-state index >= 15 is 0 Å². The maximum Gasteiger partial charge on any atom is 0.308 e. The number of carboxylic acid groups (broad SMARTS) is 1. The predicted octanol–water partition coefficient (Wildman–Crippen LogP) is -0.719. The van der Waals surface area contributed by atoms with Gasteiger partial charge in [0.15, 0.2) is 0 Å². The van der Waals surface area contributed by atoms with Crippen molar-refractivity contribution in [2.75, 3.05) is 19.6 Å². The van der Waals surface area contributed by atoms with Gasteiger partial charge in [0.05, 0.1) is 5.92 Å². The van der Waals surface area contributed by atoms with E-state index in [9.17, 15) is 9.59 Å². The number of amides is 1. The van der Waals surface area contributed by atoms with Gasteiger partial charge in [-0.15, -0.1) is 0 Å². The quantitative estimate of drug-likeness (QED) is 0.614. The van der Waals surface area contributed by atoms with Crippen molar-refractivity contribution in [2.24, 2.45) is 5.92 Å². The second-order valence-corrected chi connectivity index (χ2v) is 3.93. The summed E-state index contributed by atoms with van der Waals surface area (Å²) in [5.41, 5.74) is 0. The molecule has 0 radical (unpaired) electrons. The number of carboxylic acids is 1. The normalized spacial score (nSPS) is 32.6. The van der Waals surface area contributed by atoms with Crippen molar-refractivity contribution >= 4 is 11.9 Å². The largest absolute Gasteiger partial charge is 0.481 e. The molecule has 2 aliphatic heterocycles. The minimum Gasteiger partial charge on any atom is -0.481 e. The molecule has 78 valence electrons. The van der Waals surface area contributed by atoms with Crippen LogP contribution in [0, 0.1) is 5.92 Å². The number of nitrogens with zero attached hydrogens (tertiary/aromatic N) is 1. The van der Waals surface area contributed by atoms with Crippen molar-refractivity contribution in [1.82, 2.24) is 10.2 Å². The summed E-state index contributed by atoms with van der Waals surface area (Å²) >= 11 is 0. The van der Waals surface area contributed by atoms with Crippen LogP contribution >= 0.6 is 0 Å². The zero-order chi connectivity index (χ0) is 10.1. The fourth-order valence-corrected chi connectivity index (χ4v) is 2.16. The van der Waals surface area contributed by atoms with Gasteiger partial charge >= 0.3 is 5.97 Å². The van der Waals surface area contributed by atoms with E-state index in [-0.39, 0.29) is 18.4 Å². The van der Waals surface area contributed by atoms with Crippen molar-refractivity contribution in [1.29, 1.82) is 0 Å². The standard InChI is InChI=1S/C9H14N2O3/c12-8-3-6(9(13)14)5-11(8)7-1-2-10-4-7/h6-7,10H,1-5H2,(H,13,14)/t6-,7-/m1/s1. The molecule has 2 fully saturated rings. The number of rotatable bonds is 2. The van der Waals surface area contributed by atoms with Crippen LogP contribution in [-0.4, -0.2) is 47.6 Å². The Bertz CT molecular complexity index is 261. The van der Waals surface area contributed by atoms with Gasteiger partial charge in [-0.3, -0.25) is 9.59 Å². The second kappa shape index (κ2) is 3.57. The van der Waals surface area contributed by atoms with Crippen LogP contribution in [0.15, 0.2) is 0 Å². The molecule has 0 spiro atoms. The lowest BCUT2D eigenvalue weighted by atomic mass is 10.1. The summed E-state index contributed by atoms with van der Waals surface area (Å²) in [6.07, 6.45) is 1.11. The highest BCUT2D eigenvalue weighted by atomic mass is 16.4. The highest BCUT2D eigenvalue weighted by Gasteiger charge is 2.38. The average Bonchev–Trinajstić information content (AvgIpc) is 2.71. The van der Waals surface area contributed by atoms with Crippen molar-refractivity contribution < 1.29 is 14.7 Å². The fraction of sp³-hybridized carbons (Fsp3) is 0.778. The van der Waals surface area contributed by atoms with E-state index in [1.54, 1.807) is 4.90 Å². The van der Waals surface area contributed by atoms with E-state index in [4.69, 9.17) is 5.11 Å². The van der Waals surface area contributed by atoms with Gasteiger partial charge in [-0.2, -0.15) is 0 Å². The molecule has 0 unspecified atom stereocenters. The molecule has 2 atom stereocenters. The number of hydrogen-bond acceptors (Lipinski definition) is 3. The lowest BCUT2D eigenvalue weighted by Gasteiger charge is -2.22. The predicted molar refractivity (Wildman–Crippen MR) is 48.7 cm³/mol. The van der Waals surface area contributed by atoms with Crippen LogP contribution in [0.2, 0.25) is 0 Å². The Morgan fingerprint density at radius 3 is 2.86 bits per heavy atom. The molecule has 14 heavy (non-hydrogen) atoms. The monoisotopic (exact) mass is 198 g/mol. The van der Waals surface area contributed by atoms with Crippen molar-refractivity contribution in [2.45, 2.75) is 18.9 Å². The molecule has 2 saturated heterocycles. The first kappa shape index (κ1) is 9.45. The van der Waals surface area contributed by atoms with E-state index < -0.39 is 11.9 Å². The van der Waals surface area contributed by atoms with Crippen molar-refractivity contribution in [3.05, 3.63) is 0 Å². The zero-order valence-electron chi connectivity index (χ0n) is 7.90. The van der Waals surface area contributed by atoms with E-state index in [2.05, 4.69) is 5.32 Å². The topological polar surface area (TPSA) is 69.6 Å². The maximum absolute atomic E-state index is 11.5. The number of aliphatic carboxylic acids is 1. The highest BCUT2D eigenvalue weighted by Crippen LogP contribution is 2.22. The Labute approximate surface area is 82.1 Å². The Balaban J connectivity index is 2.00. The molecule has 2 heterocycles. The van der Waals surface area contributed by atoms with Crippen molar-refractivity contribution in [3.8, 4) is 0 Å². The molecule has 1 amide bonds. The van der Waals surface area contributed by atoms with Crippen LogP contribution in [0.5, 0.6) is 0 Å². The molecule has 0 bridgehead atoms. The summed E-state index contributed by atoms with van der Waals surface area (Å²) in [5.74, 6) is -1.36. The van der Waals surface area contributed by atoms with Gasteiger partial charge < -0.3 is 15.3 Å². The number of nitrogens with one attached hydrogen (secondary N) is 1. The zero-order valence-corrected chi connectivity index (χ0v) is 7.90. The summed E-state index contributed by atoms with van der Waals surface area (Å²) in [6.45, 7) is 2.12. The Kier molecular flexibility index (Phi) is 2.41. The van der Waals surface area contributed by atoms with Crippen molar-refractivity contribution in [3.63, 3.8) is 0 Å². The molecule has 0 aromatic carbocycles. The minimum atomic E-state index is -0.855. The molecule has 0 aliphatic carbocycles. The summed E-state index contributed by atoms with van der Waals surface area (Å²) in [4.78, 5) is 23.9. The van der Waals surface area contributed by atoms with E-state index in [0.29, 0.717) is 6.54 Å². The lowest BCUT2D eigenvalue weighted by Crippen LogP contribution is -2.38. The Hall–Kier alpha value is -1.10. The summed E-state index contributed by atoms with van der Waals surface area (Å²) < 4.78 is 0. The van der Waals surface area contributed by atoms with Gasteiger partial charge in [0.2, 0.25) is 5.91 Å². The summed E-state index contributed by atoms with van der Waals surface area (Å²) in [7, 11) is 0. The summed E-state index contributed by atoms with van der Waals surface area (Å²) in [6, 6.07) is 0.215. The van der Waals surface area contributed by atoms with Crippen LogP contribution in [0.1, 0.15) is 12.8 Å². The van der Waals surface area contributed by atoms with Gasteiger partial charge in [-0.1, -0.05) is 0 Å². The third-order valence-corrected chi connectivity index (χ3v) is 2.98. The van der Waals surface area contributed by atoms with Gasteiger partial charge in [0.1, 0.15) is 0 Å². The SMILES string of the molecule is O=C(O)[C@@H]1CC(=O)N([C@@H]2CCNC2)C1. The fourth-order valence-electron chi connectivity index (χ4n) is 2.16. The maximum atomic E-state index is 11.5. The minimum absolute atomic E-state index is 0.00824. The molecule has 5 heteroatoms. The molecule has 2 rings (SSSR count). The molecular formula is C9H14N2O3. The van der Waals surface area contributed by atoms with Gasteiger partial charge in [-0.05, 0) is 13.0 Å². The molecule has 0 saturated carbocycles. The van der Waals surface area contributed by atoms with Crippen LogP contribution in [0.4, 0.5) is 0 Å². The van der Waals surface area contributed by atoms with Gasteiger partial charge in [0, 0.05) is 25.6 Å². The summed E-state index contributed by atoms with van der Waals surface area (Å²) in [5, 5.41) is 12.0. The molecular weight excluding hydrogens is 184 g/mol. The number of hydrogen-bond donors (Lipinski definition) is 2. The van der Waals surface area contributed by atoms with E-state index in [1.165, 1.54) is 0 Å². The number of carbonyl (C=O) groups is 2. The second-order valence-electron chi connectivity index (χ2n) is 3.93. The van der Waals surface area contributed by atoms with Gasteiger partial charge in [-0.25, -0.2) is 0 Å². The first-order chi connectivity index (χ1) is 6.68. The molecule has 5 nitrogen and oxygen atoms in total. The first-order valence-corrected chi connectivity index (χ1v) is 4.91. The number of carbonyl (C=O) groups excluding carboxylic acids is 1. The molecule has 0 aromatic heterocycles. The Morgan fingerprint density at radius 1 is 1.57 bits per heavy atom. The average molecular weight is 198 g/mol. The first-order valence-electron chi connectivity index (χ1n) is 4.91. The van der Waals surface area contributed by atoms with Crippen LogP contribution in [-0.2, 0) is 9.59 Å². The third kappa shape index (κ3) is 1.59. The van der Waals surface area contributed by atoms with Crippen LogP contribution in [0.25, 0.3) is 0 Å². The molecule has 2 aliphatic rings. The molecule has 2 N–H and O–H groups in total. The number of likely N-dealkylation sites (tertiary alicyclic amines) is 1. The van der Waals surface area contributed by atoms with E-state index in [0.717, 1.165) is 19.5 Å². The lowest BCUT2D eigenvalue weighted by molar-refractivity contribution is -0.141. The smallest absolute Gasteiger partial charge is 0.308 e. The third-order valence-electron chi connectivity index (χ3n) is 2.98. The Morgan fingerprint density at radius 2 is 2.36 bits per heavy atom. The highest BCUT2D eigenvalue weighted by molar-refractivity contribution is 5.86.